The van der Waals surface area contributed by atoms with Gasteiger partial charge in [0.1, 0.15) is 11.4 Å². The third-order valence-corrected chi connectivity index (χ3v) is 3.65. The Morgan fingerprint density at radius 3 is 2.43 bits per heavy atom. The van der Waals surface area contributed by atoms with Gasteiger partial charge in [-0.2, -0.15) is 5.10 Å². The van der Waals surface area contributed by atoms with E-state index in [0.717, 1.165) is 42.8 Å². The average Bonchev–Trinajstić information content (AvgIpc) is 2.73. The van der Waals surface area contributed by atoms with Gasteiger partial charge in [-0.05, 0) is 25.7 Å². The molecule has 2 rings (SSSR count). The first-order chi connectivity index (χ1) is 10.0. The van der Waals surface area contributed by atoms with Crippen LogP contribution in [0.2, 0.25) is 0 Å². The lowest BCUT2D eigenvalue weighted by molar-refractivity contribution is 0.464. The van der Waals surface area contributed by atoms with E-state index in [9.17, 15) is 5.11 Å². The molecule has 3 nitrogen and oxygen atoms in total. The van der Waals surface area contributed by atoms with Gasteiger partial charge in [0.15, 0.2) is 5.75 Å². The summed E-state index contributed by atoms with van der Waals surface area (Å²) < 4.78 is 1.97. The number of hydrogen-bond donors (Lipinski definition) is 1. The van der Waals surface area contributed by atoms with Gasteiger partial charge in [-0.3, -0.25) is 4.68 Å². The Morgan fingerprint density at radius 1 is 1.19 bits per heavy atom. The number of nitrogens with zero attached hydrogens (tertiary/aromatic N) is 2. The van der Waals surface area contributed by atoms with Crippen LogP contribution in [-0.4, -0.2) is 14.9 Å². The van der Waals surface area contributed by atoms with Gasteiger partial charge in [0, 0.05) is 12.1 Å². The first-order valence-electron chi connectivity index (χ1n) is 7.88. The molecule has 1 aromatic heterocycles. The molecular formula is C18H26N2O. The topological polar surface area (TPSA) is 38.0 Å². The van der Waals surface area contributed by atoms with Gasteiger partial charge in [-0.1, -0.05) is 57.0 Å². The van der Waals surface area contributed by atoms with Crippen LogP contribution in [0.5, 0.6) is 5.75 Å². The number of benzene rings is 1. The zero-order valence-electron chi connectivity index (χ0n) is 13.6. The van der Waals surface area contributed by atoms with Crippen LogP contribution in [0.3, 0.4) is 0 Å². The molecule has 0 radical (unpaired) electrons. The predicted octanol–water partition coefficient (Wildman–Crippen LogP) is 4.56. The Bertz CT molecular complexity index is 582. The maximum atomic E-state index is 10.6. The van der Waals surface area contributed by atoms with Crippen LogP contribution in [0.15, 0.2) is 24.3 Å². The van der Waals surface area contributed by atoms with Gasteiger partial charge in [0.25, 0.3) is 0 Å². The van der Waals surface area contributed by atoms with E-state index in [0.29, 0.717) is 11.7 Å². The molecular weight excluding hydrogens is 260 g/mol. The minimum absolute atomic E-state index is 0.351. The molecule has 0 saturated carbocycles. The first-order valence-corrected chi connectivity index (χ1v) is 7.88. The van der Waals surface area contributed by atoms with Gasteiger partial charge >= 0.3 is 0 Å². The molecule has 0 aliphatic heterocycles. The highest BCUT2D eigenvalue weighted by atomic mass is 16.3. The van der Waals surface area contributed by atoms with Crippen LogP contribution in [-0.2, 0) is 13.0 Å². The Hall–Kier alpha value is -1.77. The van der Waals surface area contributed by atoms with Crippen molar-refractivity contribution in [2.75, 3.05) is 0 Å². The van der Waals surface area contributed by atoms with Gasteiger partial charge in [0.05, 0.1) is 0 Å². The standard InChI is InChI=1S/C18H26N2O/c1-5-6-11-20-17(15-9-7-14(4)8-10-15)18(21)16(19-20)12-13(2)3/h7-10,13,21H,5-6,11-12H2,1-4H3. The number of aromatic hydroxyl groups is 1. The van der Waals surface area contributed by atoms with E-state index in [2.05, 4.69) is 57.1 Å². The predicted molar refractivity (Wildman–Crippen MR) is 87.5 cm³/mol. The Morgan fingerprint density at radius 2 is 1.86 bits per heavy atom. The number of aromatic nitrogens is 2. The second-order valence-electron chi connectivity index (χ2n) is 6.18. The molecule has 1 heterocycles. The summed E-state index contributed by atoms with van der Waals surface area (Å²) in [5.74, 6) is 0.833. The van der Waals surface area contributed by atoms with Crippen molar-refractivity contribution in [2.24, 2.45) is 5.92 Å². The highest BCUT2D eigenvalue weighted by Crippen LogP contribution is 2.34. The molecule has 1 N–H and O–H groups in total. The van der Waals surface area contributed by atoms with E-state index in [4.69, 9.17) is 0 Å². The molecule has 0 saturated heterocycles. The Kier molecular flexibility index (Phi) is 5.05. The van der Waals surface area contributed by atoms with Crippen molar-refractivity contribution in [1.29, 1.82) is 0 Å². The third kappa shape index (κ3) is 3.66. The highest BCUT2D eigenvalue weighted by Gasteiger charge is 2.19. The third-order valence-electron chi connectivity index (χ3n) is 3.65. The molecule has 3 heteroatoms. The van der Waals surface area contributed by atoms with Crippen LogP contribution >= 0.6 is 0 Å². The first kappa shape index (κ1) is 15.6. The van der Waals surface area contributed by atoms with Crippen molar-refractivity contribution in [3.8, 4) is 17.0 Å². The fourth-order valence-corrected chi connectivity index (χ4v) is 2.49. The second kappa shape index (κ2) is 6.79. The van der Waals surface area contributed by atoms with Crippen LogP contribution in [0.1, 0.15) is 44.9 Å². The monoisotopic (exact) mass is 286 g/mol. The van der Waals surface area contributed by atoms with Gasteiger partial charge in [-0.25, -0.2) is 0 Å². The minimum atomic E-state index is 0.351. The Labute approximate surface area is 127 Å². The van der Waals surface area contributed by atoms with Gasteiger partial charge in [-0.15, -0.1) is 0 Å². The molecule has 0 spiro atoms. The lowest BCUT2D eigenvalue weighted by atomic mass is 10.0. The SMILES string of the molecule is CCCCn1nc(CC(C)C)c(O)c1-c1ccc(C)cc1. The number of rotatable bonds is 6. The lowest BCUT2D eigenvalue weighted by Gasteiger charge is -2.07. The van der Waals surface area contributed by atoms with E-state index in [1.165, 1.54) is 5.56 Å². The normalized spacial score (nSPS) is 11.3. The quantitative estimate of drug-likeness (QED) is 0.845. The average molecular weight is 286 g/mol. The summed E-state index contributed by atoms with van der Waals surface area (Å²) in [5, 5.41) is 15.3. The van der Waals surface area contributed by atoms with E-state index in [1.807, 2.05) is 4.68 Å². The molecule has 0 atom stereocenters. The van der Waals surface area contributed by atoms with Crippen molar-refractivity contribution in [3.63, 3.8) is 0 Å². The summed E-state index contributed by atoms with van der Waals surface area (Å²) in [6.07, 6.45) is 3.00. The van der Waals surface area contributed by atoms with E-state index in [1.54, 1.807) is 0 Å². The molecule has 2 aromatic rings. The van der Waals surface area contributed by atoms with E-state index in [-0.39, 0.29) is 0 Å². The largest absolute Gasteiger partial charge is 0.504 e. The molecule has 0 unspecified atom stereocenters. The summed E-state index contributed by atoms with van der Waals surface area (Å²) in [5.41, 5.74) is 3.94. The Balaban J connectivity index is 2.45. The zero-order valence-corrected chi connectivity index (χ0v) is 13.6. The molecule has 0 aliphatic rings. The lowest BCUT2D eigenvalue weighted by Crippen LogP contribution is -2.03. The summed E-state index contributed by atoms with van der Waals surface area (Å²) in [7, 11) is 0. The highest BCUT2D eigenvalue weighted by molar-refractivity contribution is 5.68. The second-order valence-corrected chi connectivity index (χ2v) is 6.18. The summed E-state index contributed by atoms with van der Waals surface area (Å²) in [6.45, 7) is 9.39. The van der Waals surface area contributed by atoms with E-state index >= 15 is 0 Å². The van der Waals surface area contributed by atoms with Gasteiger partial charge in [0.2, 0.25) is 0 Å². The van der Waals surface area contributed by atoms with Crippen LogP contribution in [0.4, 0.5) is 0 Å². The molecule has 0 bridgehead atoms. The summed E-state index contributed by atoms with van der Waals surface area (Å²) in [4.78, 5) is 0. The fraction of sp³-hybridized carbons (Fsp3) is 0.500. The maximum Gasteiger partial charge on any atom is 0.164 e. The van der Waals surface area contributed by atoms with Crippen LogP contribution in [0, 0.1) is 12.8 Å². The summed E-state index contributed by atoms with van der Waals surface area (Å²) >= 11 is 0. The smallest absolute Gasteiger partial charge is 0.164 e. The van der Waals surface area contributed by atoms with Crippen LogP contribution in [0.25, 0.3) is 11.3 Å². The molecule has 114 valence electrons. The van der Waals surface area contributed by atoms with Crippen molar-refractivity contribution in [3.05, 3.63) is 35.5 Å². The molecule has 0 aliphatic carbocycles. The molecule has 1 aromatic carbocycles. The molecule has 21 heavy (non-hydrogen) atoms. The fourth-order valence-electron chi connectivity index (χ4n) is 2.49. The molecule has 0 fully saturated rings. The van der Waals surface area contributed by atoms with Crippen molar-refractivity contribution < 1.29 is 5.11 Å². The minimum Gasteiger partial charge on any atom is -0.504 e. The van der Waals surface area contributed by atoms with Crippen molar-refractivity contribution >= 4 is 0 Å². The van der Waals surface area contributed by atoms with Gasteiger partial charge < -0.3 is 5.11 Å². The zero-order chi connectivity index (χ0) is 15.4. The van der Waals surface area contributed by atoms with Crippen molar-refractivity contribution in [2.45, 2.75) is 53.5 Å². The number of unbranched alkanes of at least 4 members (excludes halogenated alkanes) is 1. The van der Waals surface area contributed by atoms with E-state index < -0.39 is 0 Å². The number of aryl methyl sites for hydroxylation is 2. The summed E-state index contributed by atoms with van der Waals surface area (Å²) in [6, 6.07) is 8.28. The van der Waals surface area contributed by atoms with Crippen molar-refractivity contribution in [1.82, 2.24) is 9.78 Å². The maximum absolute atomic E-state index is 10.6. The van der Waals surface area contributed by atoms with Crippen LogP contribution < -0.4 is 0 Å². The molecule has 0 amide bonds. The number of hydrogen-bond acceptors (Lipinski definition) is 2.